The van der Waals surface area contributed by atoms with E-state index in [1.807, 2.05) is 65.6 Å². The van der Waals surface area contributed by atoms with Gasteiger partial charge in [0.15, 0.2) is 0 Å². The fraction of sp³-hybridized carbons (Fsp3) is 0.364. The summed E-state index contributed by atoms with van der Waals surface area (Å²) in [6.07, 6.45) is 0. The van der Waals surface area contributed by atoms with Crippen LogP contribution in [0.1, 0.15) is 35.7 Å². The highest BCUT2D eigenvalue weighted by atomic mass is 16.2. The topological polar surface area (TPSA) is 49.4 Å². The maximum absolute atomic E-state index is 12.9. The van der Waals surface area contributed by atoms with Crippen molar-refractivity contribution in [2.45, 2.75) is 19.8 Å². The predicted molar refractivity (Wildman–Crippen MR) is 103 cm³/mol. The molecule has 2 aromatic rings. The molecule has 1 saturated heterocycles. The second-order valence-corrected chi connectivity index (χ2v) is 7.34. The Morgan fingerprint density at radius 1 is 1.00 bits per heavy atom. The fourth-order valence-electron chi connectivity index (χ4n) is 3.47. The van der Waals surface area contributed by atoms with E-state index in [0.717, 1.165) is 5.56 Å². The summed E-state index contributed by atoms with van der Waals surface area (Å²) in [5.74, 6) is 0.235. The van der Waals surface area contributed by atoms with Gasteiger partial charge in [0.2, 0.25) is 5.91 Å². The molecular weight excluding hydrogens is 324 g/mol. The van der Waals surface area contributed by atoms with Crippen LogP contribution >= 0.6 is 0 Å². The number of rotatable bonds is 5. The van der Waals surface area contributed by atoms with E-state index in [0.29, 0.717) is 31.1 Å². The second kappa shape index (κ2) is 8.17. The van der Waals surface area contributed by atoms with Crippen LogP contribution in [0.2, 0.25) is 0 Å². The van der Waals surface area contributed by atoms with E-state index < -0.39 is 0 Å². The minimum absolute atomic E-state index is 0.00862. The molecule has 2 unspecified atom stereocenters. The molecule has 1 aliphatic heterocycles. The first-order chi connectivity index (χ1) is 12.6. The Morgan fingerprint density at radius 3 is 2.23 bits per heavy atom. The van der Waals surface area contributed by atoms with Gasteiger partial charge in [-0.1, -0.05) is 62.4 Å². The van der Waals surface area contributed by atoms with Crippen molar-refractivity contribution >= 4 is 11.8 Å². The van der Waals surface area contributed by atoms with Crippen molar-refractivity contribution in [1.29, 1.82) is 0 Å². The molecule has 2 aromatic carbocycles. The number of benzene rings is 2. The van der Waals surface area contributed by atoms with Gasteiger partial charge in [0.25, 0.3) is 5.91 Å². The van der Waals surface area contributed by atoms with E-state index in [-0.39, 0.29) is 23.7 Å². The van der Waals surface area contributed by atoms with E-state index in [1.165, 1.54) is 0 Å². The Labute approximate surface area is 155 Å². The van der Waals surface area contributed by atoms with E-state index in [2.05, 4.69) is 19.2 Å². The average Bonchev–Trinajstić information content (AvgIpc) is 3.12. The normalized spacial score (nSPS) is 19.6. The maximum Gasteiger partial charge on any atom is 0.253 e. The monoisotopic (exact) mass is 350 g/mol. The highest BCUT2D eigenvalue weighted by Crippen LogP contribution is 2.33. The number of hydrogen-bond acceptors (Lipinski definition) is 2. The number of carbonyl (C=O) groups excluding carboxylic acids is 2. The molecule has 136 valence electrons. The van der Waals surface area contributed by atoms with Crippen molar-refractivity contribution in [2.75, 3.05) is 19.6 Å². The van der Waals surface area contributed by atoms with Gasteiger partial charge in [-0.15, -0.1) is 0 Å². The molecule has 1 aliphatic rings. The van der Waals surface area contributed by atoms with Gasteiger partial charge in [-0.3, -0.25) is 9.59 Å². The summed E-state index contributed by atoms with van der Waals surface area (Å²) < 4.78 is 0. The Morgan fingerprint density at radius 2 is 1.62 bits per heavy atom. The van der Waals surface area contributed by atoms with Gasteiger partial charge in [0.05, 0.1) is 5.92 Å². The Bertz CT molecular complexity index is 743. The second-order valence-electron chi connectivity index (χ2n) is 7.34. The third-order valence-electron chi connectivity index (χ3n) is 4.88. The SMILES string of the molecule is CC(C)CNC(=O)C1CN(C(=O)c2ccccc2)CC1c1ccccc1. The summed E-state index contributed by atoms with van der Waals surface area (Å²) in [4.78, 5) is 27.5. The molecule has 4 nitrogen and oxygen atoms in total. The largest absolute Gasteiger partial charge is 0.356 e. The number of nitrogens with zero attached hydrogens (tertiary/aromatic N) is 1. The van der Waals surface area contributed by atoms with Crippen molar-refractivity contribution in [3.63, 3.8) is 0 Å². The zero-order chi connectivity index (χ0) is 18.5. The zero-order valence-electron chi connectivity index (χ0n) is 15.4. The number of carbonyl (C=O) groups is 2. The summed E-state index contributed by atoms with van der Waals surface area (Å²) in [5, 5.41) is 3.05. The highest BCUT2D eigenvalue weighted by Gasteiger charge is 2.40. The van der Waals surface area contributed by atoms with Crippen LogP contribution in [0.5, 0.6) is 0 Å². The number of hydrogen-bond donors (Lipinski definition) is 1. The number of amides is 2. The Balaban J connectivity index is 1.81. The van der Waals surface area contributed by atoms with E-state index >= 15 is 0 Å². The lowest BCUT2D eigenvalue weighted by molar-refractivity contribution is -0.125. The predicted octanol–water partition coefficient (Wildman–Crippen LogP) is 3.31. The van der Waals surface area contributed by atoms with Gasteiger partial charge in [0, 0.05) is 31.1 Å². The van der Waals surface area contributed by atoms with Crippen LogP contribution in [0.15, 0.2) is 60.7 Å². The molecule has 0 aliphatic carbocycles. The molecule has 0 radical (unpaired) electrons. The first-order valence-electron chi connectivity index (χ1n) is 9.23. The van der Waals surface area contributed by atoms with Gasteiger partial charge < -0.3 is 10.2 Å². The van der Waals surface area contributed by atoms with Crippen LogP contribution in [-0.4, -0.2) is 36.3 Å². The summed E-state index contributed by atoms with van der Waals surface area (Å²) in [6, 6.07) is 19.3. The van der Waals surface area contributed by atoms with Crippen LogP contribution < -0.4 is 5.32 Å². The molecule has 1 N–H and O–H groups in total. The Hall–Kier alpha value is -2.62. The van der Waals surface area contributed by atoms with Crippen molar-refractivity contribution in [1.82, 2.24) is 10.2 Å². The van der Waals surface area contributed by atoms with E-state index in [9.17, 15) is 9.59 Å². The van der Waals surface area contributed by atoms with Gasteiger partial charge >= 0.3 is 0 Å². The molecular formula is C22H26N2O2. The average molecular weight is 350 g/mol. The molecule has 0 saturated carbocycles. The molecule has 26 heavy (non-hydrogen) atoms. The zero-order valence-corrected chi connectivity index (χ0v) is 15.4. The number of nitrogens with one attached hydrogen (secondary N) is 1. The molecule has 0 bridgehead atoms. The molecule has 1 heterocycles. The summed E-state index contributed by atoms with van der Waals surface area (Å²) in [5.41, 5.74) is 1.78. The van der Waals surface area contributed by atoms with Crippen LogP contribution in [0.3, 0.4) is 0 Å². The number of likely N-dealkylation sites (tertiary alicyclic amines) is 1. The maximum atomic E-state index is 12.9. The van der Waals surface area contributed by atoms with Gasteiger partial charge in [-0.05, 0) is 23.6 Å². The molecule has 2 amide bonds. The van der Waals surface area contributed by atoms with Gasteiger partial charge in [-0.2, -0.15) is 0 Å². The first-order valence-corrected chi connectivity index (χ1v) is 9.23. The van der Waals surface area contributed by atoms with Crippen molar-refractivity contribution in [3.05, 3.63) is 71.8 Å². The summed E-state index contributed by atoms with van der Waals surface area (Å²) >= 11 is 0. The van der Waals surface area contributed by atoms with Crippen molar-refractivity contribution < 1.29 is 9.59 Å². The third kappa shape index (κ3) is 4.13. The first kappa shape index (κ1) is 18.2. The summed E-state index contributed by atoms with van der Waals surface area (Å²) in [6.45, 7) is 5.84. The lowest BCUT2D eigenvalue weighted by Gasteiger charge is -2.18. The molecule has 1 fully saturated rings. The standard InChI is InChI=1S/C22H26N2O2/c1-16(2)13-23-21(25)20-15-24(22(26)18-11-7-4-8-12-18)14-19(20)17-9-5-3-6-10-17/h3-12,16,19-20H,13-15H2,1-2H3,(H,23,25). The molecule has 3 rings (SSSR count). The van der Waals surface area contributed by atoms with Crippen LogP contribution in [-0.2, 0) is 4.79 Å². The molecule has 2 atom stereocenters. The summed E-state index contributed by atoms with van der Waals surface area (Å²) in [7, 11) is 0. The highest BCUT2D eigenvalue weighted by molar-refractivity contribution is 5.95. The quantitative estimate of drug-likeness (QED) is 0.899. The minimum atomic E-state index is -0.219. The van der Waals surface area contributed by atoms with Gasteiger partial charge in [0.1, 0.15) is 0 Å². The van der Waals surface area contributed by atoms with Crippen LogP contribution in [0.25, 0.3) is 0 Å². The van der Waals surface area contributed by atoms with Crippen LogP contribution in [0.4, 0.5) is 0 Å². The third-order valence-corrected chi connectivity index (χ3v) is 4.88. The van der Waals surface area contributed by atoms with Crippen LogP contribution in [0, 0.1) is 11.8 Å². The molecule has 0 spiro atoms. The lowest BCUT2D eigenvalue weighted by Crippen LogP contribution is -2.37. The lowest BCUT2D eigenvalue weighted by atomic mass is 9.88. The van der Waals surface area contributed by atoms with E-state index in [1.54, 1.807) is 0 Å². The molecule has 0 aromatic heterocycles. The smallest absolute Gasteiger partial charge is 0.253 e. The van der Waals surface area contributed by atoms with Crippen molar-refractivity contribution in [2.24, 2.45) is 11.8 Å². The van der Waals surface area contributed by atoms with Crippen molar-refractivity contribution in [3.8, 4) is 0 Å². The molecule has 4 heteroatoms. The Kier molecular flexibility index (Phi) is 5.71. The minimum Gasteiger partial charge on any atom is -0.356 e. The van der Waals surface area contributed by atoms with E-state index in [4.69, 9.17) is 0 Å². The van der Waals surface area contributed by atoms with Gasteiger partial charge in [-0.25, -0.2) is 0 Å². The fourth-order valence-corrected chi connectivity index (χ4v) is 3.47.